The molecule has 10 nitrogen and oxygen atoms in total. The fourth-order valence-electron chi connectivity index (χ4n) is 1.64. The quantitative estimate of drug-likeness (QED) is 0.250. The highest BCUT2D eigenvalue weighted by Crippen LogP contribution is 2.10. The molecule has 2 atom stereocenters. The van der Waals surface area contributed by atoms with Gasteiger partial charge in [-0.1, -0.05) is 0 Å². The largest absolute Gasteiger partial charge is 0.376 e. The summed E-state index contributed by atoms with van der Waals surface area (Å²) in [7, 11) is 8.83. The molecule has 1 N–H and O–H groups in total. The van der Waals surface area contributed by atoms with E-state index >= 15 is 0 Å². The Morgan fingerprint density at radius 1 is 0.935 bits per heavy atom. The Hall–Kier alpha value is -1.79. The predicted octanol–water partition coefficient (Wildman–Crippen LogP) is 1.45. The van der Waals surface area contributed by atoms with Crippen LogP contribution in [0.25, 0.3) is 0 Å². The number of aliphatic hydroxyl groups excluding tert-OH is 1. The Labute approximate surface area is 185 Å². The van der Waals surface area contributed by atoms with Crippen LogP contribution in [0.3, 0.4) is 0 Å². The van der Waals surface area contributed by atoms with Gasteiger partial charge in [-0.2, -0.15) is 0 Å². The highest BCUT2D eigenvalue weighted by Gasteiger charge is 2.19. The zero-order valence-electron chi connectivity index (χ0n) is 19.9. The summed E-state index contributed by atoms with van der Waals surface area (Å²) in [6.07, 6.45) is 4.71. The van der Waals surface area contributed by atoms with Gasteiger partial charge in [0.1, 0.15) is 18.2 Å². The minimum absolute atomic E-state index is 0.0147. The second-order valence-electron chi connectivity index (χ2n) is 6.04. The van der Waals surface area contributed by atoms with Crippen LogP contribution in [0.2, 0.25) is 0 Å². The number of carbonyl (C=O) groups excluding carboxylic acids is 3. The maximum Gasteiger partial charge on any atom is 0.184 e. The second-order valence-corrected chi connectivity index (χ2v) is 6.04. The van der Waals surface area contributed by atoms with Crippen LogP contribution in [0.4, 0.5) is 0 Å². The Morgan fingerprint density at radius 3 is 1.74 bits per heavy atom. The van der Waals surface area contributed by atoms with Crippen LogP contribution < -0.4 is 0 Å². The van der Waals surface area contributed by atoms with Crippen molar-refractivity contribution in [3.63, 3.8) is 0 Å². The molecule has 31 heavy (non-hydrogen) atoms. The van der Waals surface area contributed by atoms with Crippen LogP contribution in [-0.4, -0.2) is 90.1 Å². The topological polar surface area (TPSA) is 127 Å². The van der Waals surface area contributed by atoms with E-state index in [0.29, 0.717) is 6.29 Å². The number of hydrogen-bond acceptors (Lipinski definition) is 10. The van der Waals surface area contributed by atoms with E-state index in [2.05, 4.69) is 4.74 Å². The Morgan fingerprint density at radius 2 is 1.45 bits per heavy atom. The van der Waals surface area contributed by atoms with Gasteiger partial charge >= 0.3 is 0 Å². The van der Waals surface area contributed by atoms with E-state index < -0.39 is 24.5 Å². The van der Waals surface area contributed by atoms with Gasteiger partial charge in [-0.05, 0) is 45.1 Å². The van der Waals surface area contributed by atoms with Crippen molar-refractivity contribution in [1.82, 2.24) is 0 Å². The van der Waals surface area contributed by atoms with Crippen LogP contribution in [-0.2, 0) is 42.8 Å². The van der Waals surface area contributed by atoms with Crippen molar-refractivity contribution in [1.29, 1.82) is 0 Å². The molecule has 2 unspecified atom stereocenters. The van der Waals surface area contributed by atoms with Gasteiger partial charge < -0.3 is 33.5 Å². The lowest BCUT2D eigenvalue weighted by atomic mass is 10.2. The summed E-state index contributed by atoms with van der Waals surface area (Å²) in [5.74, 6) is -0.826. The molecule has 0 aliphatic carbocycles. The summed E-state index contributed by atoms with van der Waals surface area (Å²) in [6.45, 7) is 4.63. The van der Waals surface area contributed by atoms with Gasteiger partial charge in [-0.25, -0.2) is 0 Å². The SMILES string of the molecule is COC(/C=C\C(C)=O)OC.COC(C)(/C=C\C=O)OC.COC(O)C(CC(C)=O)OC. The summed E-state index contributed by atoms with van der Waals surface area (Å²) in [5.41, 5.74) is 0. The van der Waals surface area contributed by atoms with Crippen LogP contribution in [0, 0.1) is 0 Å². The monoisotopic (exact) mass is 450 g/mol. The molecule has 0 aliphatic rings. The van der Waals surface area contributed by atoms with Gasteiger partial charge in [0.15, 0.2) is 24.2 Å². The van der Waals surface area contributed by atoms with Crippen molar-refractivity contribution in [2.24, 2.45) is 0 Å². The van der Waals surface area contributed by atoms with Crippen molar-refractivity contribution in [3.05, 3.63) is 24.3 Å². The summed E-state index contributed by atoms with van der Waals surface area (Å²) in [5, 5.41) is 9.07. The molecule has 0 bridgehead atoms. The molecule has 0 aliphatic heterocycles. The van der Waals surface area contributed by atoms with E-state index in [9.17, 15) is 14.4 Å². The van der Waals surface area contributed by atoms with Crippen LogP contribution in [0.1, 0.15) is 27.2 Å². The number of aldehydes is 1. The first-order valence-corrected chi connectivity index (χ1v) is 9.21. The smallest absolute Gasteiger partial charge is 0.184 e. The van der Waals surface area contributed by atoms with Gasteiger partial charge in [-0.3, -0.25) is 14.4 Å². The van der Waals surface area contributed by atoms with Crippen LogP contribution in [0.15, 0.2) is 24.3 Å². The lowest BCUT2D eigenvalue weighted by molar-refractivity contribution is -0.160. The van der Waals surface area contributed by atoms with Crippen molar-refractivity contribution in [2.45, 2.75) is 51.7 Å². The zero-order chi connectivity index (χ0) is 24.9. The minimum atomic E-state index is -1.02. The summed E-state index contributed by atoms with van der Waals surface area (Å²) < 4.78 is 28.8. The lowest BCUT2D eigenvalue weighted by Crippen LogP contribution is -2.31. The molecule has 0 saturated heterocycles. The van der Waals surface area contributed by atoms with Crippen molar-refractivity contribution >= 4 is 17.9 Å². The third-order valence-electron chi connectivity index (χ3n) is 3.59. The normalized spacial score (nSPS) is 13.3. The number of allylic oxidation sites excluding steroid dienone is 2. The molecule has 0 aromatic rings. The molecule has 0 saturated carbocycles. The van der Waals surface area contributed by atoms with E-state index in [1.807, 2.05) is 0 Å². The molecule has 0 radical (unpaired) electrons. The zero-order valence-corrected chi connectivity index (χ0v) is 19.9. The third-order valence-corrected chi connectivity index (χ3v) is 3.59. The molecule has 10 heteroatoms. The van der Waals surface area contributed by atoms with Gasteiger partial charge in [0.2, 0.25) is 0 Å². The number of rotatable bonds is 13. The molecular formula is C21H38O10. The van der Waals surface area contributed by atoms with Gasteiger partial charge in [0.25, 0.3) is 0 Å². The summed E-state index contributed by atoms with van der Waals surface area (Å²) in [4.78, 5) is 30.9. The second kappa shape index (κ2) is 21.4. The van der Waals surface area contributed by atoms with Crippen molar-refractivity contribution in [2.75, 3.05) is 42.7 Å². The molecule has 0 amide bonds. The van der Waals surface area contributed by atoms with E-state index in [1.54, 1.807) is 19.1 Å². The molecule has 182 valence electrons. The molecule has 0 spiro atoms. The Balaban J connectivity index is -0.000000380. The number of Topliss-reactive ketones (excluding diaryl/α,β-unsaturated/α-hetero) is 1. The number of ketones is 2. The highest BCUT2D eigenvalue weighted by molar-refractivity contribution is 5.87. The van der Waals surface area contributed by atoms with Crippen molar-refractivity contribution in [3.8, 4) is 0 Å². The van der Waals surface area contributed by atoms with Gasteiger partial charge in [0, 0.05) is 49.1 Å². The van der Waals surface area contributed by atoms with E-state index in [0.717, 1.165) is 0 Å². The first-order chi connectivity index (χ1) is 14.5. The molecular weight excluding hydrogens is 412 g/mol. The average Bonchev–Trinajstić information content (AvgIpc) is 2.76. The lowest BCUT2D eigenvalue weighted by Gasteiger charge is -2.21. The standard InChI is InChI=1S/C7H14O4.2C7H12O3/c1-5(8)4-6(10-2)7(9)11-3;1-7(9-2,10-3)5-4-6-8;1-6(8)4-5-7(9-2)10-3/h6-7,9H,4H2,1-3H3;4-6H,1-3H3;4-5,7H,1-3H3/b;2*5-4-. The Bertz CT molecular complexity index is 522. The highest BCUT2D eigenvalue weighted by atomic mass is 16.7. The first-order valence-electron chi connectivity index (χ1n) is 9.21. The third kappa shape index (κ3) is 21.2. The predicted molar refractivity (Wildman–Crippen MR) is 114 cm³/mol. The van der Waals surface area contributed by atoms with E-state index in [1.165, 1.54) is 68.7 Å². The van der Waals surface area contributed by atoms with Crippen LogP contribution >= 0.6 is 0 Å². The fourth-order valence-corrected chi connectivity index (χ4v) is 1.64. The Kier molecular flexibility index (Phi) is 23.4. The molecule has 0 fully saturated rings. The number of carbonyl (C=O) groups is 3. The van der Waals surface area contributed by atoms with Gasteiger partial charge in [-0.15, -0.1) is 0 Å². The number of aliphatic hydroxyl groups is 1. The molecule has 0 aromatic heterocycles. The molecule has 0 aromatic carbocycles. The van der Waals surface area contributed by atoms with E-state index in [-0.39, 0.29) is 18.0 Å². The maximum atomic E-state index is 10.6. The number of ether oxygens (including phenoxy) is 6. The van der Waals surface area contributed by atoms with Gasteiger partial charge in [0.05, 0.1) is 0 Å². The number of hydrogen-bond donors (Lipinski definition) is 1. The summed E-state index contributed by atoms with van der Waals surface area (Å²) in [6, 6.07) is 0. The van der Waals surface area contributed by atoms with E-state index in [4.69, 9.17) is 28.8 Å². The fraction of sp³-hybridized carbons (Fsp3) is 0.667. The molecule has 0 heterocycles. The van der Waals surface area contributed by atoms with Crippen molar-refractivity contribution < 1.29 is 47.9 Å². The van der Waals surface area contributed by atoms with Crippen LogP contribution in [0.5, 0.6) is 0 Å². The maximum absolute atomic E-state index is 10.6. The summed E-state index contributed by atoms with van der Waals surface area (Å²) >= 11 is 0. The average molecular weight is 451 g/mol. The molecule has 0 rings (SSSR count). The first kappa shape index (κ1) is 33.8. The minimum Gasteiger partial charge on any atom is -0.376 e. The number of methoxy groups -OCH3 is 6.